The van der Waals surface area contributed by atoms with Crippen molar-refractivity contribution in [3.8, 4) is 0 Å². The summed E-state index contributed by atoms with van der Waals surface area (Å²) in [6.07, 6.45) is 4.41. The van der Waals surface area contributed by atoms with Gasteiger partial charge >= 0.3 is 0 Å². The number of hydrogen-bond donors (Lipinski definition) is 1. The van der Waals surface area contributed by atoms with Gasteiger partial charge in [-0.1, -0.05) is 0 Å². The fourth-order valence-corrected chi connectivity index (χ4v) is 3.02. The highest BCUT2D eigenvalue weighted by Gasteiger charge is 2.18. The maximum absolute atomic E-state index is 5.62. The summed E-state index contributed by atoms with van der Waals surface area (Å²) in [5.74, 6) is 0. The predicted octanol–water partition coefficient (Wildman–Crippen LogP) is 2.01. The molecule has 0 atom stereocenters. The summed E-state index contributed by atoms with van der Waals surface area (Å²) >= 11 is 0. The van der Waals surface area contributed by atoms with E-state index >= 15 is 0 Å². The van der Waals surface area contributed by atoms with Crippen molar-refractivity contribution in [2.24, 2.45) is 12.8 Å². The van der Waals surface area contributed by atoms with Crippen LogP contribution in [0.25, 0.3) is 10.9 Å². The van der Waals surface area contributed by atoms with E-state index in [1.807, 2.05) is 0 Å². The Kier molecular flexibility index (Phi) is 2.88. The van der Waals surface area contributed by atoms with Crippen LogP contribution in [0.2, 0.25) is 0 Å². The Hall–Kier alpha value is -1.32. The van der Waals surface area contributed by atoms with Crippen molar-refractivity contribution in [2.75, 3.05) is 13.6 Å². The smallest absolute Gasteiger partial charge is 0.0484 e. The number of fused-ring (bicyclic) bond motifs is 2. The average Bonchev–Trinajstić information content (AvgIpc) is 2.84. The van der Waals surface area contributed by atoms with Gasteiger partial charge in [-0.3, -0.25) is 4.90 Å². The fraction of sp³-hybridized carbons (Fsp3) is 0.467. The molecule has 1 aromatic carbocycles. The molecule has 0 aliphatic carbocycles. The molecule has 2 heterocycles. The Morgan fingerprint density at radius 1 is 1.17 bits per heavy atom. The molecule has 1 aliphatic rings. The van der Waals surface area contributed by atoms with Gasteiger partial charge in [-0.25, -0.2) is 0 Å². The quantitative estimate of drug-likeness (QED) is 0.895. The van der Waals surface area contributed by atoms with E-state index in [1.54, 1.807) is 0 Å². The highest BCUT2D eigenvalue weighted by molar-refractivity contribution is 5.85. The Bertz CT molecular complexity index is 583. The summed E-state index contributed by atoms with van der Waals surface area (Å²) in [7, 11) is 4.32. The number of nitrogens with two attached hydrogens (primary N) is 1. The minimum Gasteiger partial charge on any atom is -0.350 e. The summed E-state index contributed by atoms with van der Waals surface area (Å²) in [4.78, 5) is 2.36. The molecule has 0 bridgehead atoms. The summed E-state index contributed by atoms with van der Waals surface area (Å²) in [5, 5.41) is 1.42. The number of nitrogens with zero attached hydrogens (tertiary/aromatic N) is 2. The van der Waals surface area contributed by atoms with Crippen molar-refractivity contribution in [3.05, 3.63) is 35.0 Å². The molecule has 0 fully saturated rings. The molecule has 18 heavy (non-hydrogen) atoms. The van der Waals surface area contributed by atoms with Crippen molar-refractivity contribution in [3.63, 3.8) is 0 Å². The van der Waals surface area contributed by atoms with Gasteiger partial charge in [0.25, 0.3) is 0 Å². The standard InChI is InChI=1S/C15H21N3/c1-17-8-12-6-14-11(4-3-5-16)10-18(2)15(14)7-13(12)9-17/h6-7,10H,3-5,8-9,16H2,1-2H3. The lowest BCUT2D eigenvalue weighted by Crippen LogP contribution is -2.07. The lowest BCUT2D eigenvalue weighted by atomic mass is 10.0. The lowest BCUT2D eigenvalue weighted by molar-refractivity contribution is 0.353. The largest absolute Gasteiger partial charge is 0.350 e. The molecule has 0 saturated heterocycles. The molecular formula is C15H21N3. The van der Waals surface area contributed by atoms with Crippen molar-refractivity contribution in [1.82, 2.24) is 9.47 Å². The molecule has 3 rings (SSSR count). The molecule has 0 spiro atoms. The van der Waals surface area contributed by atoms with Crippen LogP contribution in [0.15, 0.2) is 18.3 Å². The first-order valence-electron chi connectivity index (χ1n) is 6.67. The lowest BCUT2D eigenvalue weighted by Gasteiger charge is -2.02. The highest BCUT2D eigenvalue weighted by atomic mass is 15.1. The van der Waals surface area contributed by atoms with Crippen molar-refractivity contribution < 1.29 is 0 Å². The van der Waals surface area contributed by atoms with Gasteiger partial charge in [0.2, 0.25) is 0 Å². The molecule has 3 nitrogen and oxygen atoms in total. The number of hydrogen-bond acceptors (Lipinski definition) is 2. The summed E-state index contributed by atoms with van der Waals surface area (Å²) in [5.41, 5.74) is 11.4. The van der Waals surface area contributed by atoms with E-state index in [0.29, 0.717) is 0 Å². The first-order chi connectivity index (χ1) is 8.69. The third-order valence-electron chi connectivity index (χ3n) is 3.92. The Balaban J connectivity index is 2.09. The zero-order valence-corrected chi connectivity index (χ0v) is 11.2. The Morgan fingerprint density at radius 3 is 2.61 bits per heavy atom. The number of rotatable bonds is 3. The van der Waals surface area contributed by atoms with E-state index in [4.69, 9.17) is 5.73 Å². The number of aromatic nitrogens is 1. The maximum Gasteiger partial charge on any atom is 0.0484 e. The van der Waals surface area contributed by atoms with Crippen LogP contribution < -0.4 is 5.73 Å². The fourth-order valence-electron chi connectivity index (χ4n) is 3.02. The molecule has 1 aliphatic heterocycles. The molecule has 3 heteroatoms. The summed E-state index contributed by atoms with van der Waals surface area (Å²) in [6.45, 7) is 2.93. The topological polar surface area (TPSA) is 34.2 Å². The van der Waals surface area contributed by atoms with Crippen molar-refractivity contribution in [2.45, 2.75) is 25.9 Å². The van der Waals surface area contributed by atoms with Crippen LogP contribution in [-0.4, -0.2) is 23.1 Å². The molecule has 0 radical (unpaired) electrons. The minimum absolute atomic E-state index is 0.768. The highest BCUT2D eigenvalue weighted by Crippen LogP contribution is 2.30. The molecule has 0 saturated carbocycles. The van der Waals surface area contributed by atoms with Gasteiger partial charge in [0.1, 0.15) is 0 Å². The summed E-state index contributed by atoms with van der Waals surface area (Å²) in [6, 6.07) is 4.75. The van der Waals surface area contributed by atoms with E-state index < -0.39 is 0 Å². The van der Waals surface area contributed by atoms with Crippen LogP contribution in [0.1, 0.15) is 23.1 Å². The third-order valence-corrected chi connectivity index (χ3v) is 3.92. The van der Waals surface area contributed by atoms with Crippen LogP contribution in [0, 0.1) is 0 Å². The van der Waals surface area contributed by atoms with Gasteiger partial charge < -0.3 is 10.3 Å². The van der Waals surface area contributed by atoms with E-state index in [9.17, 15) is 0 Å². The minimum atomic E-state index is 0.768. The Morgan fingerprint density at radius 2 is 1.89 bits per heavy atom. The molecule has 1 aromatic heterocycles. The normalized spacial score (nSPS) is 15.5. The molecule has 0 amide bonds. The SMILES string of the molecule is CN1Cc2cc3c(CCCN)cn(C)c3cc2C1. The molecule has 0 unspecified atom stereocenters. The van der Waals surface area contributed by atoms with Crippen LogP contribution in [0.3, 0.4) is 0 Å². The molecule has 2 aromatic rings. The van der Waals surface area contributed by atoms with Crippen LogP contribution in [-0.2, 0) is 26.6 Å². The first-order valence-corrected chi connectivity index (χ1v) is 6.67. The average molecular weight is 243 g/mol. The first kappa shape index (κ1) is 11.8. The van der Waals surface area contributed by atoms with Gasteiger partial charge in [0, 0.05) is 37.2 Å². The van der Waals surface area contributed by atoms with Crippen molar-refractivity contribution in [1.29, 1.82) is 0 Å². The van der Waals surface area contributed by atoms with E-state index in [-0.39, 0.29) is 0 Å². The molecular weight excluding hydrogens is 222 g/mol. The molecule has 96 valence electrons. The number of benzene rings is 1. The van der Waals surface area contributed by atoms with Gasteiger partial charge in [0.05, 0.1) is 0 Å². The van der Waals surface area contributed by atoms with E-state index in [2.05, 4.69) is 41.9 Å². The predicted molar refractivity (Wildman–Crippen MR) is 75.5 cm³/mol. The zero-order chi connectivity index (χ0) is 12.7. The van der Waals surface area contributed by atoms with E-state index in [0.717, 1.165) is 32.5 Å². The maximum atomic E-state index is 5.62. The van der Waals surface area contributed by atoms with Gasteiger partial charge in [-0.2, -0.15) is 0 Å². The van der Waals surface area contributed by atoms with Gasteiger partial charge in [-0.05, 0) is 55.3 Å². The van der Waals surface area contributed by atoms with Gasteiger partial charge in [0.15, 0.2) is 0 Å². The second-order valence-corrected chi connectivity index (χ2v) is 5.47. The second kappa shape index (κ2) is 4.41. The molecule has 2 N–H and O–H groups in total. The summed E-state index contributed by atoms with van der Waals surface area (Å²) < 4.78 is 2.25. The third kappa shape index (κ3) is 1.84. The van der Waals surface area contributed by atoms with Crippen molar-refractivity contribution >= 4 is 10.9 Å². The Labute approximate surface area is 108 Å². The van der Waals surface area contributed by atoms with E-state index in [1.165, 1.54) is 27.6 Å². The number of aryl methyl sites for hydroxylation is 2. The van der Waals surface area contributed by atoms with Crippen LogP contribution >= 0.6 is 0 Å². The zero-order valence-electron chi connectivity index (χ0n) is 11.2. The van der Waals surface area contributed by atoms with Crippen LogP contribution in [0.4, 0.5) is 0 Å². The monoisotopic (exact) mass is 243 g/mol. The van der Waals surface area contributed by atoms with Crippen LogP contribution in [0.5, 0.6) is 0 Å². The second-order valence-electron chi connectivity index (χ2n) is 5.47. The van der Waals surface area contributed by atoms with Gasteiger partial charge in [-0.15, -0.1) is 0 Å².